The zero-order valence-corrected chi connectivity index (χ0v) is 10.4. The molecule has 88 valence electrons. The Morgan fingerprint density at radius 1 is 1.29 bits per heavy atom. The van der Waals surface area contributed by atoms with E-state index >= 15 is 0 Å². The number of hydrogen-bond donors (Lipinski definition) is 1. The monoisotopic (exact) mass is 245 g/mol. The highest BCUT2D eigenvalue weighted by Crippen LogP contribution is 2.33. The Labute approximate surface area is 105 Å². The molecule has 3 rings (SSSR count). The summed E-state index contributed by atoms with van der Waals surface area (Å²) in [6.07, 6.45) is 3.42. The zero-order chi connectivity index (χ0) is 11.7. The van der Waals surface area contributed by atoms with Gasteiger partial charge in [-0.05, 0) is 30.4 Å². The third-order valence-electron chi connectivity index (χ3n) is 3.43. The minimum Gasteiger partial charge on any atom is -0.390 e. The quantitative estimate of drug-likeness (QED) is 0.882. The van der Waals surface area contributed by atoms with Gasteiger partial charge in [-0.25, -0.2) is 4.98 Å². The molecule has 1 aromatic heterocycles. The van der Waals surface area contributed by atoms with Crippen molar-refractivity contribution >= 4 is 11.3 Å². The van der Waals surface area contributed by atoms with Gasteiger partial charge in [-0.1, -0.05) is 24.3 Å². The number of fused-ring (bicyclic) bond motifs is 1. The summed E-state index contributed by atoms with van der Waals surface area (Å²) in [4.78, 5) is 4.49. The lowest BCUT2D eigenvalue weighted by Gasteiger charge is -2.22. The van der Waals surface area contributed by atoms with Crippen molar-refractivity contribution in [1.29, 1.82) is 0 Å². The molecule has 1 atom stereocenters. The van der Waals surface area contributed by atoms with Crippen molar-refractivity contribution in [2.24, 2.45) is 0 Å². The Morgan fingerprint density at radius 3 is 2.88 bits per heavy atom. The van der Waals surface area contributed by atoms with Crippen LogP contribution in [0.25, 0.3) is 0 Å². The highest BCUT2D eigenvalue weighted by Gasteiger charge is 2.22. The largest absolute Gasteiger partial charge is 0.390 e. The van der Waals surface area contributed by atoms with Crippen LogP contribution in [-0.4, -0.2) is 10.1 Å². The fraction of sp³-hybridized carbons (Fsp3) is 0.357. The molecular formula is C14H15NOS. The fourth-order valence-corrected chi connectivity index (χ4v) is 3.44. The summed E-state index contributed by atoms with van der Waals surface area (Å²) in [5.74, 6) is 0.537. The first-order chi connectivity index (χ1) is 8.36. The van der Waals surface area contributed by atoms with E-state index in [4.69, 9.17) is 5.11 Å². The van der Waals surface area contributed by atoms with Gasteiger partial charge in [-0.3, -0.25) is 0 Å². The molecule has 17 heavy (non-hydrogen) atoms. The van der Waals surface area contributed by atoms with Crippen molar-refractivity contribution in [1.82, 2.24) is 4.98 Å². The summed E-state index contributed by atoms with van der Waals surface area (Å²) in [6.45, 7) is 0.0554. The molecule has 0 aliphatic heterocycles. The number of aliphatic hydroxyl groups is 1. The summed E-state index contributed by atoms with van der Waals surface area (Å²) in [6, 6.07) is 8.68. The van der Waals surface area contributed by atoms with E-state index < -0.39 is 0 Å². The van der Waals surface area contributed by atoms with Gasteiger partial charge < -0.3 is 5.11 Å². The van der Waals surface area contributed by atoms with Gasteiger partial charge in [0.25, 0.3) is 0 Å². The summed E-state index contributed by atoms with van der Waals surface area (Å²) < 4.78 is 0. The van der Waals surface area contributed by atoms with Gasteiger partial charge in [0.1, 0.15) is 0 Å². The van der Waals surface area contributed by atoms with Crippen molar-refractivity contribution in [3.63, 3.8) is 0 Å². The molecule has 2 aromatic rings. The Hall–Kier alpha value is -1.19. The maximum atomic E-state index is 9.05. The van der Waals surface area contributed by atoms with E-state index in [1.807, 2.05) is 5.38 Å². The van der Waals surface area contributed by atoms with Crippen LogP contribution in [0, 0.1) is 0 Å². The average Bonchev–Trinajstić information content (AvgIpc) is 2.87. The third kappa shape index (κ3) is 2.13. The maximum Gasteiger partial charge on any atom is 0.0963 e. The molecule has 1 unspecified atom stereocenters. The first-order valence-electron chi connectivity index (χ1n) is 5.99. The predicted molar refractivity (Wildman–Crippen MR) is 69.2 cm³/mol. The van der Waals surface area contributed by atoms with Gasteiger partial charge in [-0.2, -0.15) is 0 Å². The van der Waals surface area contributed by atoms with Crippen LogP contribution < -0.4 is 0 Å². The molecule has 0 radical (unpaired) electrons. The van der Waals surface area contributed by atoms with E-state index in [1.165, 1.54) is 22.6 Å². The van der Waals surface area contributed by atoms with Crippen LogP contribution in [0.4, 0.5) is 0 Å². The second kappa shape index (κ2) is 4.59. The summed E-state index contributed by atoms with van der Waals surface area (Å²) in [7, 11) is 0. The number of nitrogens with zero attached hydrogens (tertiary/aromatic N) is 1. The molecule has 0 spiro atoms. The van der Waals surface area contributed by atoms with E-state index in [0.29, 0.717) is 5.92 Å². The van der Waals surface area contributed by atoms with Crippen molar-refractivity contribution in [2.75, 3.05) is 0 Å². The molecule has 0 amide bonds. The average molecular weight is 245 g/mol. The molecule has 1 N–H and O–H groups in total. The molecule has 1 aromatic carbocycles. The number of benzene rings is 1. The SMILES string of the molecule is OCc1csc(C2CCc3ccccc3C2)n1. The van der Waals surface area contributed by atoms with Crippen LogP contribution in [0.1, 0.15) is 34.2 Å². The Bertz CT molecular complexity index is 520. The Morgan fingerprint density at radius 2 is 2.12 bits per heavy atom. The maximum absolute atomic E-state index is 9.05. The molecular weight excluding hydrogens is 230 g/mol. The van der Waals surface area contributed by atoms with Gasteiger partial charge in [0.15, 0.2) is 0 Å². The third-order valence-corrected chi connectivity index (χ3v) is 4.48. The van der Waals surface area contributed by atoms with Gasteiger partial charge in [0, 0.05) is 11.3 Å². The first-order valence-corrected chi connectivity index (χ1v) is 6.86. The molecule has 1 heterocycles. The molecule has 3 heteroatoms. The van der Waals surface area contributed by atoms with Gasteiger partial charge >= 0.3 is 0 Å². The van der Waals surface area contributed by atoms with E-state index in [0.717, 1.165) is 18.5 Å². The van der Waals surface area contributed by atoms with Crippen LogP contribution >= 0.6 is 11.3 Å². The topological polar surface area (TPSA) is 33.1 Å². The smallest absolute Gasteiger partial charge is 0.0963 e. The van der Waals surface area contributed by atoms with Crippen LogP contribution in [0.5, 0.6) is 0 Å². The van der Waals surface area contributed by atoms with Gasteiger partial charge in [0.05, 0.1) is 17.3 Å². The molecule has 1 aliphatic rings. The number of aromatic nitrogens is 1. The van der Waals surface area contributed by atoms with Gasteiger partial charge in [-0.15, -0.1) is 11.3 Å². The Balaban J connectivity index is 1.84. The van der Waals surface area contributed by atoms with Crippen molar-refractivity contribution < 1.29 is 5.11 Å². The van der Waals surface area contributed by atoms with Crippen LogP contribution in [0.2, 0.25) is 0 Å². The second-order valence-corrected chi connectivity index (χ2v) is 5.43. The van der Waals surface area contributed by atoms with E-state index in [-0.39, 0.29) is 6.61 Å². The predicted octanol–water partition coefficient (Wildman–Crippen LogP) is 2.91. The second-order valence-electron chi connectivity index (χ2n) is 4.54. The fourth-order valence-electron chi connectivity index (χ4n) is 2.49. The Kier molecular flexibility index (Phi) is 2.95. The van der Waals surface area contributed by atoms with Crippen LogP contribution in [-0.2, 0) is 19.4 Å². The minimum atomic E-state index is 0.0554. The van der Waals surface area contributed by atoms with Crippen molar-refractivity contribution in [3.05, 3.63) is 51.5 Å². The van der Waals surface area contributed by atoms with E-state index in [2.05, 4.69) is 29.2 Å². The molecule has 2 nitrogen and oxygen atoms in total. The van der Waals surface area contributed by atoms with E-state index in [1.54, 1.807) is 11.3 Å². The standard InChI is InChI=1S/C14H15NOS/c16-8-13-9-17-14(15-13)12-6-5-10-3-1-2-4-11(10)7-12/h1-4,9,12,16H,5-8H2. The number of thiazole rings is 1. The number of aryl methyl sites for hydroxylation is 1. The van der Waals surface area contributed by atoms with Crippen molar-refractivity contribution in [3.8, 4) is 0 Å². The van der Waals surface area contributed by atoms with Gasteiger partial charge in [0.2, 0.25) is 0 Å². The number of hydrogen-bond acceptors (Lipinski definition) is 3. The molecule has 1 aliphatic carbocycles. The lowest BCUT2D eigenvalue weighted by atomic mass is 9.84. The lowest BCUT2D eigenvalue weighted by molar-refractivity contribution is 0.277. The van der Waals surface area contributed by atoms with Crippen LogP contribution in [0.15, 0.2) is 29.6 Å². The number of aliphatic hydroxyl groups excluding tert-OH is 1. The highest BCUT2D eigenvalue weighted by atomic mass is 32.1. The highest BCUT2D eigenvalue weighted by molar-refractivity contribution is 7.09. The first kappa shape index (κ1) is 10.9. The molecule has 0 saturated carbocycles. The normalized spacial score (nSPS) is 19.0. The summed E-state index contributed by atoms with van der Waals surface area (Å²) in [5.41, 5.74) is 3.76. The number of rotatable bonds is 2. The molecule has 0 saturated heterocycles. The van der Waals surface area contributed by atoms with E-state index in [9.17, 15) is 0 Å². The lowest BCUT2D eigenvalue weighted by Crippen LogP contribution is -2.12. The zero-order valence-electron chi connectivity index (χ0n) is 9.60. The van der Waals surface area contributed by atoms with Crippen molar-refractivity contribution in [2.45, 2.75) is 31.8 Å². The summed E-state index contributed by atoms with van der Waals surface area (Å²) in [5, 5.41) is 12.2. The van der Waals surface area contributed by atoms with Crippen LogP contribution in [0.3, 0.4) is 0 Å². The molecule has 0 bridgehead atoms. The summed E-state index contributed by atoms with van der Waals surface area (Å²) >= 11 is 1.68. The minimum absolute atomic E-state index is 0.0554. The molecule has 0 fully saturated rings.